The molecule has 0 saturated carbocycles. The quantitative estimate of drug-likeness (QED) is 0.585. The maximum absolute atomic E-state index is 13.0. The lowest BCUT2D eigenvalue weighted by Crippen LogP contribution is -2.46. The Morgan fingerprint density at radius 1 is 1.13 bits per heavy atom. The van der Waals surface area contributed by atoms with Gasteiger partial charge in [0, 0.05) is 38.0 Å². The van der Waals surface area contributed by atoms with Crippen molar-refractivity contribution >= 4 is 33.3 Å². The number of benzene rings is 1. The predicted octanol–water partition coefficient (Wildman–Crippen LogP) is 4.39. The van der Waals surface area contributed by atoms with E-state index in [9.17, 15) is 8.42 Å². The highest BCUT2D eigenvalue weighted by molar-refractivity contribution is 7.94. The van der Waals surface area contributed by atoms with Crippen LogP contribution in [0.2, 0.25) is 0 Å². The fourth-order valence-corrected chi connectivity index (χ4v) is 5.19. The Hall–Kier alpha value is -1.83. The second kappa shape index (κ2) is 9.54. The number of sulfonamides is 1. The van der Waals surface area contributed by atoms with Crippen molar-refractivity contribution in [2.45, 2.75) is 44.9 Å². The fraction of sp³-hybridized carbons (Fsp3) is 0.500. The number of anilines is 2. The summed E-state index contributed by atoms with van der Waals surface area (Å²) in [6.07, 6.45) is 2.71. The molecule has 1 aliphatic heterocycles. The Morgan fingerprint density at radius 3 is 2.30 bits per heavy atom. The van der Waals surface area contributed by atoms with E-state index >= 15 is 0 Å². The number of hydrogen-bond acceptors (Lipinski definition) is 5. The average molecular weight is 451 g/mol. The fourth-order valence-electron chi connectivity index (χ4n) is 3.65. The lowest BCUT2D eigenvalue weighted by molar-refractivity contribution is 0.258. The summed E-state index contributed by atoms with van der Waals surface area (Å²) in [5.41, 5.74) is 2.22. The molecule has 0 bridgehead atoms. The van der Waals surface area contributed by atoms with Crippen LogP contribution in [0.25, 0.3) is 0 Å². The van der Waals surface area contributed by atoms with Crippen molar-refractivity contribution in [3.05, 3.63) is 47.7 Å². The Bertz CT molecular complexity index is 956. The summed E-state index contributed by atoms with van der Waals surface area (Å²) in [5, 5.41) is 0. The van der Waals surface area contributed by atoms with Crippen molar-refractivity contribution < 1.29 is 8.42 Å². The highest BCUT2D eigenvalue weighted by atomic mass is 35.5. The molecule has 1 aromatic heterocycles. The van der Waals surface area contributed by atoms with Crippen molar-refractivity contribution in [1.82, 2.24) is 9.88 Å². The molecule has 0 radical (unpaired) electrons. The lowest BCUT2D eigenvalue weighted by Gasteiger charge is -2.35. The summed E-state index contributed by atoms with van der Waals surface area (Å²) in [6.45, 7) is 13.2. The van der Waals surface area contributed by atoms with E-state index in [1.54, 1.807) is 18.3 Å². The molecule has 1 fully saturated rings. The Morgan fingerprint density at radius 2 is 1.77 bits per heavy atom. The van der Waals surface area contributed by atoms with Gasteiger partial charge < -0.3 is 4.90 Å². The normalized spacial score (nSPS) is 15.6. The van der Waals surface area contributed by atoms with Crippen LogP contribution in [0.3, 0.4) is 0 Å². The van der Waals surface area contributed by atoms with Gasteiger partial charge in [-0.15, -0.1) is 0 Å². The molecule has 2 aromatic rings. The van der Waals surface area contributed by atoms with Gasteiger partial charge >= 0.3 is 0 Å². The van der Waals surface area contributed by atoms with Crippen LogP contribution >= 0.6 is 11.8 Å². The average Bonchev–Trinajstić information content (AvgIpc) is 2.74. The van der Waals surface area contributed by atoms with Gasteiger partial charge in [-0.3, -0.25) is 4.90 Å². The third-order valence-electron chi connectivity index (χ3n) is 5.55. The zero-order valence-corrected chi connectivity index (χ0v) is 19.7. The van der Waals surface area contributed by atoms with Gasteiger partial charge in [0.05, 0.1) is 16.8 Å². The van der Waals surface area contributed by atoms with E-state index in [2.05, 4.69) is 35.6 Å². The number of hydrogen-bond donors (Lipinski definition) is 0. The van der Waals surface area contributed by atoms with Gasteiger partial charge in [0.15, 0.2) is 0 Å². The Kier molecular flexibility index (Phi) is 7.26. The van der Waals surface area contributed by atoms with E-state index in [4.69, 9.17) is 11.8 Å². The van der Waals surface area contributed by atoms with Crippen LogP contribution in [0.5, 0.6) is 0 Å². The highest BCUT2D eigenvalue weighted by Gasteiger charge is 2.26. The van der Waals surface area contributed by atoms with E-state index in [0.29, 0.717) is 11.6 Å². The number of halogens is 1. The van der Waals surface area contributed by atoms with Crippen molar-refractivity contribution in [2.24, 2.45) is 0 Å². The maximum Gasteiger partial charge on any atom is 0.278 e. The number of piperazine rings is 1. The number of aryl methyl sites for hydroxylation is 1. The molecule has 3 rings (SSSR count). The maximum atomic E-state index is 13.0. The SMILES string of the molecule is CCCN1CCN(c2cc(C)c(N(Cl)S(=O)(=O)c3ccc(C(C)C)cc3)cn2)CC1. The Labute approximate surface area is 185 Å². The van der Waals surface area contributed by atoms with E-state index in [0.717, 1.165) is 59.9 Å². The molecule has 8 heteroatoms. The number of rotatable bonds is 7. The molecule has 1 aliphatic rings. The minimum absolute atomic E-state index is 0.164. The van der Waals surface area contributed by atoms with Crippen LogP contribution in [0, 0.1) is 6.92 Å². The zero-order chi connectivity index (χ0) is 21.9. The summed E-state index contributed by atoms with van der Waals surface area (Å²) in [7, 11) is -3.87. The molecular weight excluding hydrogens is 420 g/mol. The first-order chi connectivity index (χ1) is 14.2. The van der Waals surface area contributed by atoms with Gasteiger partial charge in [-0.05, 0) is 55.1 Å². The van der Waals surface area contributed by atoms with Gasteiger partial charge in [0.1, 0.15) is 5.82 Å². The molecule has 0 spiro atoms. The highest BCUT2D eigenvalue weighted by Crippen LogP contribution is 2.31. The van der Waals surface area contributed by atoms with Crippen LogP contribution in [0.15, 0.2) is 41.4 Å². The summed E-state index contributed by atoms with van der Waals surface area (Å²) in [4.78, 5) is 9.37. The minimum Gasteiger partial charge on any atom is -0.354 e. The van der Waals surface area contributed by atoms with Gasteiger partial charge in [0.25, 0.3) is 10.0 Å². The largest absolute Gasteiger partial charge is 0.354 e. The van der Waals surface area contributed by atoms with E-state index in [-0.39, 0.29) is 4.90 Å². The summed E-state index contributed by atoms with van der Waals surface area (Å²) < 4.78 is 26.8. The third kappa shape index (κ3) is 4.90. The number of aromatic nitrogens is 1. The van der Waals surface area contributed by atoms with Gasteiger partial charge in [-0.25, -0.2) is 4.98 Å². The summed E-state index contributed by atoms with van der Waals surface area (Å²) in [6, 6.07) is 8.78. The van der Waals surface area contributed by atoms with Crippen molar-refractivity contribution in [2.75, 3.05) is 41.4 Å². The van der Waals surface area contributed by atoms with E-state index < -0.39 is 10.0 Å². The topological polar surface area (TPSA) is 56.8 Å². The molecular formula is C22H31ClN4O2S. The summed E-state index contributed by atoms with van der Waals surface area (Å²) in [5.74, 6) is 1.19. The number of pyridine rings is 1. The smallest absolute Gasteiger partial charge is 0.278 e. The van der Waals surface area contributed by atoms with Gasteiger partial charge in [-0.2, -0.15) is 12.2 Å². The standard InChI is InChI=1S/C22H31ClN4O2S/c1-5-10-25-11-13-26(14-12-25)22-15-18(4)21(16-24-22)27(23)30(28,29)20-8-6-19(7-9-20)17(2)3/h6-9,15-17H,5,10-14H2,1-4H3. The van der Waals surface area contributed by atoms with Gasteiger partial charge in [0.2, 0.25) is 0 Å². The zero-order valence-electron chi connectivity index (χ0n) is 18.2. The van der Waals surface area contributed by atoms with Crippen LogP contribution < -0.4 is 8.72 Å². The molecule has 0 atom stereocenters. The first-order valence-electron chi connectivity index (χ1n) is 10.5. The molecule has 2 heterocycles. The third-order valence-corrected chi connectivity index (χ3v) is 7.76. The van der Waals surface area contributed by atoms with Crippen LogP contribution in [-0.4, -0.2) is 51.0 Å². The number of nitrogens with zero attached hydrogens (tertiary/aromatic N) is 4. The second-order valence-corrected chi connectivity index (χ2v) is 10.4. The first-order valence-corrected chi connectivity index (χ1v) is 12.3. The molecule has 0 N–H and O–H groups in total. The van der Waals surface area contributed by atoms with Crippen LogP contribution in [-0.2, 0) is 10.0 Å². The van der Waals surface area contributed by atoms with Crippen molar-refractivity contribution in [3.8, 4) is 0 Å². The van der Waals surface area contributed by atoms with Gasteiger partial charge in [-0.1, -0.05) is 32.9 Å². The monoisotopic (exact) mass is 450 g/mol. The molecule has 0 unspecified atom stereocenters. The van der Waals surface area contributed by atoms with Crippen molar-refractivity contribution in [1.29, 1.82) is 0 Å². The summed E-state index contributed by atoms with van der Waals surface area (Å²) >= 11 is 6.32. The molecule has 164 valence electrons. The molecule has 6 nitrogen and oxygen atoms in total. The van der Waals surface area contributed by atoms with E-state index in [1.807, 2.05) is 25.1 Å². The van der Waals surface area contributed by atoms with Crippen molar-refractivity contribution in [3.63, 3.8) is 0 Å². The molecule has 1 aromatic carbocycles. The molecule has 1 saturated heterocycles. The molecule has 30 heavy (non-hydrogen) atoms. The lowest BCUT2D eigenvalue weighted by atomic mass is 10.0. The molecule has 0 aliphatic carbocycles. The Balaban J connectivity index is 1.77. The molecule has 0 amide bonds. The second-order valence-electron chi connectivity index (χ2n) is 8.10. The first kappa shape index (κ1) is 22.8. The minimum atomic E-state index is -3.87. The van der Waals surface area contributed by atoms with Crippen LogP contribution in [0.1, 0.15) is 44.2 Å². The van der Waals surface area contributed by atoms with E-state index in [1.165, 1.54) is 0 Å². The van der Waals surface area contributed by atoms with Crippen LogP contribution in [0.4, 0.5) is 11.5 Å². The predicted molar refractivity (Wildman–Crippen MR) is 124 cm³/mol.